The zero-order valence-electron chi connectivity index (χ0n) is 54.3. The van der Waals surface area contributed by atoms with E-state index in [1.54, 1.807) is 0 Å². The first-order chi connectivity index (χ1) is 49.6. The number of hydrogen-bond donors (Lipinski definition) is 0. The largest absolute Gasteiger partial charge is 0.309 e. The monoisotopic (exact) mass is 1270 g/mol. The highest BCUT2D eigenvalue weighted by molar-refractivity contribution is 6.13. The van der Waals surface area contributed by atoms with E-state index in [-0.39, 0.29) is 0 Å². The molecule has 22 rings (SSSR count). The average molecular weight is 1270 g/mol. The summed E-state index contributed by atoms with van der Waals surface area (Å²) in [6.07, 6.45) is 0. The van der Waals surface area contributed by atoms with Crippen LogP contribution in [0.3, 0.4) is 0 Å². The Morgan fingerprint density at radius 2 is 0.520 bits per heavy atom. The molecular formula is C96H58N4. The van der Waals surface area contributed by atoms with Gasteiger partial charge in [-0.1, -0.05) is 291 Å². The minimum absolute atomic E-state index is 0.502. The third-order valence-electron chi connectivity index (χ3n) is 22.5. The van der Waals surface area contributed by atoms with Crippen molar-refractivity contribution in [1.29, 1.82) is 0 Å². The van der Waals surface area contributed by atoms with Crippen molar-refractivity contribution in [2.24, 2.45) is 0 Å². The highest BCUT2D eigenvalue weighted by Crippen LogP contribution is 2.66. The molecule has 4 aliphatic carbocycles. The molecule has 4 aliphatic rings. The molecule has 2 spiro atoms. The SMILES string of the molecule is c1ccc(-c2cc(-c3cc(-n4c5ccccc5c5cc(-c6cccc7c6C6(c8ccccc8-c8ccccc86)c6ccccc6-7)ccc54)cc(-n4c5ccccc5c5cc(-c6cccc7c6C6(c8ccccc8-c8ccccc86)c6ccccc6-7)ccc54)c3)nc(-c3ccccc3)n2)cc1. The molecule has 3 aromatic heterocycles. The maximum absolute atomic E-state index is 5.56. The smallest absolute Gasteiger partial charge is 0.160 e. The summed E-state index contributed by atoms with van der Waals surface area (Å²) in [5.74, 6) is 0.668. The third-order valence-corrected chi connectivity index (χ3v) is 22.5. The van der Waals surface area contributed by atoms with Gasteiger partial charge in [-0.3, -0.25) is 0 Å². The van der Waals surface area contributed by atoms with Gasteiger partial charge in [0.05, 0.1) is 44.3 Å². The van der Waals surface area contributed by atoms with E-state index in [2.05, 4.69) is 361 Å². The van der Waals surface area contributed by atoms with Crippen molar-refractivity contribution in [3.05, 3.63) is 396 Å². The minimum Gasteiger partial charge on any atom is -0.309 e. The molecule has 3 heterocycles. The van der Waals surface area contributed by atoms with Gasteiger partial charge in [0.15, 0.2) is 5.82 Å². The zero-order chi connectivity index (χ0) is 65.4. The van der Waals surface area contributed by atoms with E-state index in [4.69, 9.17) is 9.97 Å². The van der Waals surface area contributed by atoms with Gasteiger partial charge in [-0.05, 0) is 172 Å². The fourth-order valence-corrected chi connectivity index (χ4v) is 18.7. The van der Waals surface area contributed by atoms with Crippen molar-refractivity contribution >= 4 is 43.6 Å². The van der Waals surface area contributed by atoms with Crippen molar-refractivity contribution in [1.82, 2.24) is 19.1 Å². The Balaban J connectivity index is 0.773. The summed E-state index contributed by atoms with van der Waals surface area (Å²) in [6, 6.07) is 131. The fourth-order valence-electron chi connectivity index (χ4n) is 18.7. The molecule has 15 aromatic carbocycles. The van der Waals surface area contributed by atoms with Crippen LogP contribution in [0.5, 0.6) is 0 Å². The van der Waals surface area contributed by atoms with Gasteiger partial charge < -0.3 is 9.13 Å². The lowest BCUT2D eigenvalue weighted by Crippen LogP contribution is -2.26. The first kappa shape index (κ1) is 55.1. The van der Waals surface area contributed by atoms with Crippen molar-refractivity contribution in [2.45, 2.75) is 10.8 Å². The minimum atomic E-state index is -0.502. The molecule has 0 saturated heterocycles. The average Bonchev–Trinajstić information content (AvgIpc) is 1.51. The Kier molecular flexibility index (Phi) is 11.4. The van der Waals surface area contributed by atoms with Gasteiger partial charge >= 0.3 is 0 Å². The Labute approximate surface area is 578 Å². The Morgan fingerprint density at radius 1 is 0.200 bits per heavy atom. The second-order valence-electron chi connectivity index (χ2n) is 27.3. The molecule has 0 unspecified atom stereocenters. The molecule has 0 saturated carbocycles. The molecular weight excluding hydrogens is 1210 g/mol. The molecule has 4 nitrogen and oxygen atoms in total. The van der Waals surface area contributed by atoms with Crippen molar-refractivity contribution in [3.8, 4) is 112 Å². The topological polar surface area (TPSA) is 35.6 Å². The summed E-state index contributed by atoms with van der Waals surface area (Å²) < 4.78 is 4.98. The molecule has 462 valence electrons. The van der Waals surface area contributed by atoms with Crippen molar-refractivity contribution in [2.75, 3.05) is 0 Å². The van der Waals surface area contributed by atoms with E-state index >= 15 is 0 Å². The van der Waals surface area contributed by atoms with E-state index in [0.29, 0.717) is 5.82 Å². The van der Waals surface area contributed by atoms with E-state index < -0.39 is 10.8 Å². The highest BCUT2D eigenvalue weighted by Gasteiger charge is 2.54. The summed E-state index contributed by atoms with van der Waals surface area (Å²) in [5.41, 5.74) is 36.0. The molecule has 0 N–H and O–H groups in total. The number of aromatic nitrogens is 4. The number of benzene rings is 15. The molecule has 0 aliphatic heterocycles. The van der Waals surface area contributed by atoms with E-state index in [9.17, 15) is 0 Å². The van der Waals surface area contributed by atoms with Crippen LogP contribution in [0.4, 0.5) is 0 Å². The molecule has 0 amide bonds. The lowest BCUT2D eigenvalue weighted by molar-refractivity contribution is 0.796. The summed E-state index contributed by atoms with van der Waals surface area (Å²) in [5, 5.41) is 4.72. The molecule has 18 aromatic rings. The predicted octanol–water partition coefficient (Wildman–Crippen LogP) is 23.7. The summed E-state index contributed by atoms with van der Waals surface area (Å²) in [4.78, 5) is 10.9. The number of hydrogen-bond acceptors (Lipinski definition) is 2. The van der Waals surface area contributed by atoms with Crippen molar-refractivity contribution < 1.29 is 0 Å². The van der Waals surface area contributed by atoms with Gasteiger partial charge in [-0.15, -0.1) is 0 Å². The molecule has 0 bridgehead atoms. The van der Waals surface area contributed by atoms with Crippen LogP contribution in [0.15, 0.2) is 352 Å². The van der Waals surface area contributed by atoms with Crippen LogP contribution in [0.1, 0.15) is 44.5 Å². The molecule has 4 heteroatoms. The second-order valence-corrected chi connectivity index (χ2v) is 27.3. The Morgan fingerprint density at radius 3 is 0.940 bits per heavy atom. The number of nitrogens with zero attached hydrogens (tertiary/aromatic N) is 4. The Bertz CT molecular complexity index is 6030. The van der Waals surface area contributed by atoms with E-state index in [1.165, 1.54) is 133 Å². The van der Waals surface area contributed by atoms with Gasteiger partial charge in [0.1, 0.15) is 0 Å². The second kappa shape index (κ2) is 20.8. The van der Waals surface area contributed by atoms with Crippen LogP contribution in [0.2, 0.25) is 0 Å². The van der Waals surface area contributed by atoms with Gasteiger partial charge in [0.25, 0.3) is 0 Å². The van der Waals surface area contributed by atoms with Crippen LogP contribution in [-0.2, 0) is 10.8 Å². The summed E-state index contributed by atoms with van der Waals surface area (Å²) in [6.45, 7) is 0. The third kappa shape index (κ3) is 7.38. The van der Waals surface area contributed by atoms with Gasteiger partial charge in [-0.25, -0.2) is 9.97 Å². The Hall–Kier alpha value is -13.0. The number of fused-ring (bicyclic) bond motifs is 26. The maximum atomic E-state index is 5.56. The van der Waals surface area contributed by atoms with Crippen LogP contribution >= 0.6 is 0 Å². The molecule has 0 atom stereocenters. The fraction of sp³-hybridized carbons (Fsp3) is 0.0208. The van der Waals surface area contributed by atoms with Crippen LogP contribution < -0.4 is 0 Å². The van der Waals surface area contributed by atoms with Gasteiger partial charge in [0, 0.05) is 49.6 Å². The molecule has 100 heavy (non-hydrogen) atoms. The van der Waals surface area contributed by atoms with Gasteiger partial charge in [0.2, 0.25) is 0 Å². The first-order valence-corrected chi connectivity index (χ1v) is 34.7. The summed E-state index contributed by atoms with van der Waals surface area (Å²) in [7, 11) is 0. The van der Waals surface area contributed by atoms with Crippen LogP contribution in [0, 0.1) is 0 Å². The predicted molar refractivity (Wildman–Crippen MR) is 410 cm³/mol. The lowest BCUT2D eigenvalue weighted by Gasteiger charge is -2.32. The van der Waals surface area contributed by atoms with Crippen LogP contribution in [-0.4, -0.2) is 19.1 Å². The normalized spacial score (nSPS) is 13.6. The lowest BCUT2D eigenvalue weighted by atomic mass is 9.68. The van der Waals surface area contributed by atoms with E-state index in [1.807, 2.05) is 0 Å². The number of para-hydroxylation sites is 2. The number of rotatable bonds is 7. The van der Waals surface area contributed by atoms with Gasteiger partial charge in [-0.2, -0.15) is 0 Å². The highest BCUT2D eigenvalue weighted by atomic mass is 15.0. The zero-order valence-corrected chi connectivity index (χ0v) is 54.3. The first-order valence-electron chi connectivity index (χ1n) is 34.7. The molecule has 0 radical (unpaired) electrons. The quantitative estimate of drug-likeness (QED) is 0.159. The van der Waals surface area contributed by atoms with Crippen LogP contribution in [0.25, 0.3) is 156 Å². The standard InChI is InChI=1S/C96H58N4/c1-3-25-59(26-4-1)86-58-87(98-94(97-86)60-27-5-2-6-28-60)63-53-64(99-88-47-21-13-35-74(88)78-55-61(49-51-90(78)99)66-37-23-39-76-72-33-11-19-45-84(72)95(92(66)76)80-41-15-7-29-68(80)69-30-8-16-42-81(69)95)57-65(54-63)100-89-48-22-14-36-75(89)79-56-62(50-52-91(79)100)67-38-24-40-77-73-34-12-20-46-85(73)96(93(67)77)82-43-17-9-31-70(82)71-32-10-18-44-83(71)96/h1-58H. The van der Waals surface area contributed by atoms with Crippen molar-refractivity contribution in [3.63, 3.8) is 0 Å². The maximum Gasteiger partial charge on any atom is 0.160 e. The molecule has 0 fully saturated rings. The summed E-state index contributed by atoms with van der Waals surface area (Å²) >= 11 is 0. The van der Waals surface area contributed by atoms with E-state index in [0.717, 1.165) is 61.5 Å².